The molecule has 0 radical (unpaired) electrons. The lowest BCUT2D eigenvalue weighted by Gasteiger charge is -2.29. The molecule has 1 unspecified atom stereocenters. The molecular weight excluding hydrogens is 245 g/mol. The number of rotatable bonds is 2. The summed E-state index contributed by atoms with van der Waals surface area (Å²) < 4.78 is 18.9. The van der Waals surface area contributed by atoms with Crippen molar-refractivity contribution in [2.75, 3.05) is 26.7 Å². The van der Waals surface area contributed by atoms with Crippen LogP contribution in [0.4, 0.5) is 4.39 Å². The molecule has 1 aliphatic rings. The highest BCUT2D eigenvalue weighted by molar-refractivity contribution is 6.30. The van der Waals surface area contributed by atoms with Gasteiger partial charge in [0.25, 0.3) is 0 Å². The van der Waals surface area contributed by atoms with Crippen LogP contribution in [0, 0.1) is 5.82 Å². The minimum Gasteiger partial charge on any atom is -0.367 e. The Morgan fingerprint density at radius 2 is 2.35 bits per heavy atom. The van der Waals surface area contributed by atoms with E-state index in [0.29, 0.717) is 13.2 Å². The summed E-state index contributed by atoms with van der Waals surface area (Å²) in [6.45, 7) is 1.76. The van der Waals surface area contributed by atoms with Gasteiger partial charge in [0.15, 0.2) is 5.78 Å². The van der Waals surface area contributed by atoms with E-state index in [9.17, 15) is 9.18 Å². The fourth-order valence-electron chi connectivity index (χ4n) is 1.80. The number of hydrogen-bond donors (Lipinski definition) is 0. The van der Waals surface area contributed by atoms with Crippen molar-refractivity contribution in [3.63, 3.8) is 0 Å². The van der Waals surface area contributed by atoms with E-state index in [4.69, 9.17) is 16.3 Å². The molecule has 0 saturated carbocycles. The van der Waals surface area contributed by atoms with Gasteiger partial charge in [-0.15, -0.1) is 0 Å². The summed E-state index contributed by atoms with van der Waals surface area (Å²) in [5, 5.41) is 0.278. The first-order chi connectivity index (χ1) is 8.08. The summed E-state index contributed by atoms with van der Waals surface area (Å²) in [5.74, 6) is -0.926. The van der Waals surface area contributed by atoms with Gasteiger partial charge in [0.05, 0.1) is 12.2 Å². The van der Waals surface area contributed by atoms with Gasteiger partial charge in [-0.2, -0.15) is 0 Å². The fraction of sp³-hybridized carbons (Fsp3) is 0.417. The number of carbonyl (C=O) groups excluding carboxylic acids is 1. The molecule has 1 heterocycles. The van der Waals surface area contributed by atoms with E-state index < -0.39 is 11.9 Å². The van der Waals surface area contributed by atoms with Crippen molar-refractivity contribution in [3.05, 3.63) is 34.6 Å². The third-order valence-electron chi connectivity index (χ3n) is 2.76. The van der Waals surface area contributed by atoms with E-state index in [2.05, 4.69) is 0 Å². The molecule has 92 valence electrons. The Morgan fingerprint density at radius 1 is 1.59 bits per heavy atom. The quantitative estimate of drug-likeness (QED) is 0.759. The van der Waals surface area contributed by atoms with Gasteiger partial charge in [0.2, 0.25) is 0 Å². The molecule has 3 nitrogen and oxygen atoms in total. The number of benzene rings is 1. The number of carbonyl (C=O) groups is 1. The highest BCUT2D eigenvalue weighted by atomic mass is 35.5. The average Bonchev–Trinajstić information content (AvgIpc) is 2.28. The van der Waals surface area contributed by atoms with E-state index in [1.165, 1.54) is 12.1 Å². The van der Waals surface area contributed by atoms with Crippen molar-refractivity contribution in [2.24, 2.45) is 0 Å². The summed E-state index contributed by atoms with van der Waals surface area (Å²) in [4.78, 5) is 14.0. The van der Waals surface area contributed by atoms with Crippen LogP contribution >= 0.6 is 11.6 Å². The highest BCUT2D eigenvalue weighted by Crippen LogP contribution is 2.18. The zero-order valence-electron chi connectivity index (χ0n) is 9.45. The summed E-state index contributed by atoms with van der Waals surface area (Å²) in [7, 11) is 1.90. The first kappa shape index (κ1) is 12.5. The van der Waals surface area contributed by atoms with Crippen molar-refractivity contribution in [1.82, 2.24) is 4.90 Å². The number of hydrogen-bond acceptors (Lipinski definition) is 3. The Kier molecular flexibility index (Phi) is 3.76. The van der Waals surface area contributed by atoms with Crippen LogP contribution in [-0.2, 0) is 4.74 Å². The minimum atomic E-state index is -0.598. The van der Waals surface area contributed by atoms with Gasteiger partial charge < -0.3 is 9.64 Å². The summed E-state index contributed by atoms with van der Waals surface area (Å²) in [5.41, 5.74) is 0.0368. The Hall–Kier alpha value is -0.970. The minimum absolute atomic E-state index is 0.0368. The molecular formula is C12H13ClFNO2. The number of ketones is 1. The van der Waals surface area contributed by atoms with Crippen molar-refractivity contribution in [1.29, 1.82) is 0 Å². The van der Waals surface area contributed by atoms with Crippen LogP contribution in [0.5, 0.6) is 0 Å². The van der Waals surface area contributed by atoms with E-state index >= 15 is 0 Å². The monoisotopic (exact) mass is 257 g/mol. The third-order valence-corrected chi connectivity index (χ3v) is 2.99. The normalized spacial score (nSPS) is 21.5. The summed E-state index contributed by atoms with van der Waals surface area (Å²) >= 11 is 5.64. The molecule has 5 heteroatoms. The molecule has 17 heavy (non-hydrogen) atoms. The molecule has 1 aromatic carbocycles. The van der Waals surface area contributed by atoms with Crippen molar-refractivity contribution >= 4 is 17.4 Å². The van der Waals surface area contributed by atoms with Gasteiger partial charge in [-0.05, 0) is 25.2 Å². The topological polar surface area (TPSA) is 29.5 Å². The molecule has 0 aliphatic carbocycles. The summed E-state index contributed by atoms with van der Waals surface area (Å²) in [6, 6.07) is 4.05. The number of halogens is 2. The van der Waals surface area contributed by atoms with Gasteiger partial charge in [0.1, 0.15) is 11.9 Å². The second-order valence-electron chi connectivity index (χ2n) is 4.11. The smallest absolute Gasteiger partial charge is 0.195 e. The number of ether oxygens (including phenoxy) is 1. The standard InChI is InChI=1S/C12H13ClFNO2/c1-15-4-5-17-11(7-15)12(16)9-3-2-8(13)6-10(9)14/h2-3,6,11H,4-5,7H2,1H3. The van der Waals surface area contributed by atoms with E-state index in [1.54, 1.807) is 0 Å². The maximum Gasteiger partial charge on any atom is 0.195 e. The molecule has 0 spiro atoms. The third kappa shape index (κ3) is 2.83. The Balaban J connectivity index is 2.18. The van der Waals surface area contributed by atoms with Gasteiger partial charge in [-0.3, -0.25) is 4.79 Å². The second kappa shape index (κ2) is 5.12. The van der Waals surface area contributed by atoms with E-state index in [1.807, 2.05) is 11.9 Å². The molecule has 1 fully saturated rings. The molecule has 0 bridgehead atoms. The van der Waals surface area contributed by atoms with Crippen LogP contribution < -0.4 is 0 Å². The van der Waals surface area contributed by atoms with E-state index in [0.717, 1.165) is 12.6 Å². The molecule has 0 aromatic heterocycles. The lowest BCUT2D eigenvalue weighted by Crippen LogP contribution is -2.44. The van der Waals surface area contributed by atoms with Gasteiger partial charge in [-0.25, -0.2) is 4.39 Å². The van der Waals surface area contributed by atoms with Crippen LogP contribution in [-0.4, -0.2) is 43.5 Å². The lowest BCUT2D eigenvalue weighted by atomic mass is 10.0. The lowest BCUT2D eigenvalue weighted by molar-refractivity contribution is -0.00883. The van der Waals surface area contributed by atoms with Crippen molar-refractivity contribution < 1.29 is 13.9 Å². The zero-order valence-corrected chi connectivity index (χ0v) is 10.2. The van der Waals surface area contributed by atoms with Crippen LogP contribution in [0.25, 0.3) is 0 Å². The number of nitrogens with zero attached hydrogens (tertiary/aromatic N) is 1. The first-order valence-electron chi connectivity index (χ1n) is 5.37. The number of likely N-dealkylation sites (N-methyl/N-ethyl adjacent to an activating group) is 1. The van der Waals surface area contributed by atoms with Gasteiger partial charge in [0, 0.05) is 18.1 Å². The first-order valence-corrected chi connectivity index (χ1v) is 5.75. The molecule has 1 saturated heterocycles. The molecule has 2 rings (SSSR count). The van der Waals surface area contributed by atoms with Gasteiger partial charge in [-0.1, -0.05) is 11.6 Å². The van der Waals surface area contributed by atoms with Crippen molar-refractivity contribution in [3.8, 4) is 0 Å². The van der Waals surface area contributed by atoms with Gasteiger partial charge >= 0.3 is 0 Å². The van der Waals surface area contributed by atoms with Crippen LogP contribution in [0.2, 0.25) is 5.02 Å². The maximum atomic E-state index is 13.6. The molecule has 0 N–H and O–H groups in total. The number of morpholine rings is 1. The molecule has 0 amide bonds. The Morgan fingerprint density at radius 3 is 3.00 bits per heavy atom. The van der Waals surface area contributed by atoms with E-state index in [-0.39, 0.29) is 16.4 Å². The highest BCUT2D eigenvalue weighted by Gasteiger charge is 2.27. The zero-order chi connectivity index (χ0) is 12.4. The average molecular weight is 258 g/mol. The molecule has 1 atom stereocenters. The maximum absolute atomic E-state index is 13.6. The molecule has 1 aliphatic heterocycles. The predicted molar refractivity (Wildman–Crippen MR) is 63.0 cm³/mol. The second-order valence-corrected chi connectivity index (χ2v) is 4.55. The predicted octanol–water partition coefficient (Wildman–Crippen LogP) is 1.99. The van der Waals surface area contributed by atoms with Crippen LogP contribution in [0.1, 0.15) is 10.4 Å². The fourth-order valence-corrected chi connectivity index (χ4v) is 1.96. The van der Waals surface area contributed by atoms with Crippen LogP contribution in [0.3, 0.4) is 0 Å². The SMILES string of the molecule is CN1CCOC(C(=O)c2ccc(Cl)cc2F)C1. The van der Waals surface area contributed by atoms with Crippen molar-refractivity contribution in [2.45, 2.75) is 6.10 Å². The Labute approximate surface area is 104 Å². The molecule has 1 aromatic rings. The van der Waals surface area contributed by atoms with Crippen LogP contribution in [0.15, 0.2) is 18.2 Å². The number of Topliss-reactive ketones (excluding diaryl/α,β-unsaturated/α-hetero) is 1. The Bertz CT molecular complexity index is 439. The largest absolute Gasteiger partial charge is 0.367 e. The summed E-state index contributed by atoms with van der Waals surface area (Å²) in [6.07, 6.45) is -0.593.